The normalized spacial score (nSPS) is 9.76. The molecule has 92 valence electrons. The van der Waals surface area contributed by atoms with E-state index in [1.54, 1.807) is 12.1 Å². The average molecular weight is 316 g/mol. The van der Waals surface area contributed by atoms with E-state index in [2.05, 4.69) is 26.6 Å². The maximum atomic E-state index is 11.5. The van der Waals surface area contributed by atoms with E-state index in [0.717, 1.165) is 10.9 Å². The van der Waals surface area contributed by atoms with Crippen LogP contribution in [0.3, 0.4) is 0 Å². The fourth-order valence-electron chi connectivity index (χ4n) is 1.23. The van der Waals surface area contributed by atoms with Gasteiger partial charge in [-0.25, -0.2) is 4.79 Å². The maximum absolute atomic E-state index is 11.5. The minimum atomic E-state index is -0.258. The summed E-state index contributed by atoms with van der Waals surface area (Å²) >= 11 is 8.26. The number of carbonyl (C=O) groups is 1. The molecule has 4 N–H and O–H groups in total. The van der Waals surface area contributed by atoms with Crippen molar-refractivity contribution in [3.8, 4) is 0 Å². The van der Waals surface area contributed by atoms with Crippen molar-refractivity contribution in [1.82, 2.24) is 5.32 Å². The summed E-state index contributed by atoms with van der Waals surface area (Å²) in [4.78, 5) is 11.8. The minimum Gasteiger partial charge on any atom is -0.389 e. The Morgan fingerprint density at radius 1 is 1.53 bits per heavy atom. The highest BCUT2D eigenvalue weighted by Crippen LogP contribution is 2.20. The lowest BCUT2D eigenvalue weighted by atomic mass is 10.2. The second-order valence-corrected chi connectivity index (χ2v) is 4.79. The van der Waals surface area contributed by atoms with Crippen LogP contribution in [0.1, 0.15) is 18.9 Å². The van der Waals surface area contributed by atoms with Crippen molar-refractivity contribution >= 4 is 44.9 Å². The molecule has 17 heavy (non-hydrogen) atoms. The van der Waals surface area contributed by atoms with Crippen molar-refractivity contribution in [3.05, 3.63) is 28.2 Å². The van der Waals surface area contributed by atoms with Gasteiger partial charge in [-0.1, -0.05) is 35.1 Å². The molecule has 0 radical (unpaired) electrons. The summed E-state index contributed by atoms with van der Waals surface area (Å²) < 4.78 is 0.861. The Morgan fingerprint density at radius 3 is 2.82 bits per heavy atom. The standard InChI is InChI=1S/C11H14BrN3OS/c1-2-5-14-11(16)15-9-4-3-7(12)6-8(9)10(13)17/h3-4,6H,2,5H2,1H3,(H2,13,17)(H2,14,15,16). The molecule has 1 aromatic carbocycles. The molecular formula is C11H14BrN3OS. The number of nitrogens with one attached hydrogen (secondary N) is 2. The number of hydrogen-bond donors (Lipinski definition) is 3. The molecule has 4 nitrogen and oxygen atoms in total. The van der Waals surface area contributed by atoms with Crippen LogP contribution in [0.25, 0.3) is 0 Å². The summed E-state index contributed by atoms with van der Waals surface area (Å²) in [6.07, 6.45) is 0.885. The molecule has 0 aliphatic heterocycles. The monoisotopic (exact) mass is 315 g/mol. The van der Waals surface area contributed by atoms with Gasteiger partial charge in [0.15, 0.2) is 0 Å². The average Bonchev–Trinajstić information content (AvgIpc) is 2.28. The quantitative estimate of drug-likeness (QED) is 0.748. The number of halogens is 1. The number of benzene rings is 1. The number of thiocarbonyl (C=S) groups is 1. The lowest BCUT2D eigenvalue weighted by Crippen LogP contribution is -2.30. The molecule has 0 saturated carbocycles. The first-order valence-electron chi connectivity index (χ1n) is 5.18. The molecule has 0 atom stereocenters. The molecule has 0 unspecified atom stereocenters. The molecule has 6 heteroatoms. The molecule has 1 aromatic rings. The molecule has 0 bridgehead atoms. The van der Waals surface area contributed by atoms with Gasteiger partial charge >= 0.3 is 6.03 Å². The zero-order chi connectivity index (χ0) is 12.8. The lowest BCUT2D eigenvalue weighted by Gasteiger charge is -2.11. The fourth-order valence-corrected chi connectivity index (χ4v) is 1.76. The highest BCUT2D eigenvalue weighted by molar-refractivity contribution is 9.10. The first-order valence-corrected chi connectivity index (χ1v) is 6.39. The number of hydrogen-bond acceptors (Lipinski definition) is 2. The Labute approximate surface area is 114 Å². The predicted molar refractivity (Wildman–Crippen MR) is 77.3 cm³/mol. The summed E-state index contributed by atoms with van der Waals surface area (Å²) in [7, 11) is 0. The van der Waals surface area contributed by atoms with Crippen LogP contribution < -0.4 is 16.4 Å². The fraction of sp³-hybridized carbons (Fsp3) is 0.273. The third kappa shape index (κ3) is 4.32. The van der Waals surface area contributed by atoms with E-state index < -0.39 is 0 Å². The van der Waals surface area contributed by atoms with Gasteiger partial charge in [0.25, 0.3) is 0 Å². The summed E-state index contributed by atoms with van der Waals surface area (Å²) in [6, 6.07) is 5.09. The van der Waals surface area contributed by atoms with Crippen LogP contribution in [0.5, 0.6) is 0 Å². The summed E-state index contributed by atoms with van der Waals surface area (Å²) in [5.41, 5.74) is 6.84. The van der Waals surface area contributed by atoms with Gasteiger partial charge in [-0.05, 0) is 24.6 Å². The Balaban J connectivity index is 2.83. The number of urea groups is 1. The number of nitrogens with two attached hydrogens (primary N) is 1. The number of carbonyl (C=O) groups excluding carboxylic acids is 1. The first kappa shape index (κ1) is 13.9. The Morgan fingerprint density at radius 2 is 2.24 bits per heavy atom. The highest BCUT2D eigenvalue weighted by atomic mass is 79.9. The van der Waals surface area contributed by atoms with E-state index in [4.69, 9.17) is 18.0 Å². The SMILES string of the molecule is CCCNC(=O)Nc1ccc(Br)cc1C(N)=S. The number of amides is 2. The Bertz CT molecular complexity index is 437. The summed E-state index contributed by atoms with van der Waals surface area (Å²) in [5, 5.41) is 5.43. The smallest absolute Gasteiger partial charge is 0.319 e. The van der Waals surface area contributed by atoms with E-state index in [-0.39, 0.29) is 11.0 Å². The second kappa shape index (κ2) is 6.56. The molecule has 0 saturated heterocycles. The molecular weight excluding hydrogens is 302 g/mol. The van der Waals surface area contributed by atoms with E-state index >= 15 is 0 Å². The van der Waals surface area contributed by atoms with Gasteiger partial charge in [0, 0.05) is 16.6 Å². The van der Waals surface area contributed by atoms with Crippen LogP contribution in [0.15, 0.2) is 22.7 Å². The minimum absolute atomic E-state index is 0.247. The van der Waals surface area contributed by atoms with Crippen LogP contribution in [0.4, 0.5) is 10.5 Å². The van der Waals surface area contributed by atoms with Crippen LogP contribution in [-0.2, 0) is 0 Å². The van der Waals surface area contributed by atoms with E-state index in [0.29, 0.717) is 17.8 Å². The molecule has 0 fully saturated rings. The van der Waals surface area contributed by atoms with E-state index in [9.17, 15) is 4.79 Å². The van der Waals surface area contributed by atoms with E-state index in [1.807, 2.05) is 13.0 Å². The number of anilines is 1. The van der Waals surface area contributed by atoms with E-state index in [1.165, 1.54) is 0 Å². The van der Waals surface area contributed by atoms with Crippen molar-refractivity contribution in [2.24, 2.45) is 5.73 Å². The van der Waals surface area contributed by atoms with Crippen molar-refractivity contribution in [3.63, 3.8) is 0 Å². The first-order chi connectivity index (χ1) is 8.04. The Hall–Kier alpha value is -1.14. The molecule has 0 heterocycles. The van der Waals surface area contributed by atoms with Crippen molar-refractivity contribution in [1.29, 1.82) is 0 Å². The van der Waals surface area contributed by atoms with Crippen molar-refractivity contribution in [2.45, 2.75) is 13.3 Å². The highest BCUT2D eigenvalue weighted by Gasteiger charge is 2.08. The summed E-state index contributed by atoms with van der Waals surface area (Å²) in [5.74, 6) is 0. The maximum Gasteiger partial charge on any atom is 0.319 e. The zero-order valence-electron chi connectivity index (χ0n) is 9.42. The van der Waals surface area contributed by atoms with Crippen molar-refractivity contribution < 1.29 is 4.79 Å². The summed E-state index contributed by atoms with van der Waals surface area (Å²) in [6.45, 7) is 2.62. The predicted octanol–water partition coefficient (Wildman–Crippen LogP) is 2.61. The topological polar surface area (TPSA) is 67.2 Å². The van der Waals surface area contributed by atoms with Gasteiger partial charge in [-0.15, -0.1) is 0 Å². The second-order valence-electron chi connectivity index (χ2n) is 3.44. The number of rotatable bonds is 4. The van der Waals surface area contributed by atoms with Gasteiger partial charge in [-0.2, -0.15) is 0 Å². The van der Waals surface area contributed by atoms with Crippen LogP contribution >= 0.6 is 28.1 Å². The van der Waals surface area contributed by atoms with Gasteiger partial charge in [0.1, 0.15) is 4.99 Å². The largest absolute Gasteiger partial charge is 0.389 e. The van der Waals surface area contributed by atoms with Crippen molar-refractivity contribution in [2.75, 3.05) is 11.9 Å². The molecule has 0 aliphatic rings. The lowest BCUT2D eigenvalue weighted by molar-refractivity contribution is 0.252. The Kier molecular flexibility index (Phi) is 5.37. The van der Waals surface area contributed by atoms with Gasteiger partial charge in [-0.3, -0.25) is 0 Å². The van der Waals surface area contributed by atoms with Gasteiger partial charge in [0.2, 0.25) is 0 Å². The van der Waals surface area contributed by atoms with Crippen LogP contribution in [-0.4, -0.2) is 17.6 Å². The zero-order valence-corrected chi connectivity index (χ0v) is 11.8. The molecule has 0 aromatic heterocycles. The third-order valence-corrected chi connectivity index (χ3v) is 2.74. The van der Waals surface area contributed by atoms with Gasteiger partial charge < -0.3 is 16.4 Å². The molecule has 0 spiro atoms. The molecule has 0 aliphatic carbocycles. The molecule has 1 rings (SSSR count). The van der Waals surface area contributed by atoms with Gasteiger partial charge in [0.05, 0.1) is 5.69 Å². The molecule has 2 amide bonds. The van der Waals surface area contributed by atoms with Crippen LogP contribution in [0.2, 0.25) is 0 Å². The van der Waals surface area contributed by atoms with Crippen LogP contribution in [0, 0.1) is 0 Å². The third-order valence-electron chi connectivity index (χ3n) is 2.03.